The van der Waals surface area contributed by atoms with Gasteiger partial charge in [0.2, 0.25) is 0 Å². The van der Waals surface area contributed by atoms with E-state index < -0.39 is 0 Å². The van der Waals surface area contributed by atoms with Gasteiger partial charge in [-0.05, 0) is 61.7 Å². The van der Waals surface area contributed by atoms with Crippen LogP contribution in [-0.2, 0) is 0 Å². The number of amides is 1. The zero-order valence-corrected chi connectivity index (χ0v) is 14.3. The first-order chi connectivity index (χ1) is 10.7. The number of benzene rings is 1. The summed E-state index contributed by atoms with van der Waals surface area (Å²) in [4.78, 5) is 13.9. The van der Waals surface area contributed by atoms with Crippen LogP contribution in [0.1, 0.15) is 22.5 Å². The lowest BCUT2D eigenvalue weighted by Crippen LogP contribution is -2.37. The molecule has 1 aromatic carbocycles. The summed E-state index contributed by atoms with van der Waals surface area (Å²) in [6.45, 7) is 2.78. The zero-order chi connectivity index (χ0) is 15.4. The summed E-state index contributed by atoms with van der Waals surface area (Å²) in [7, 11) is 0. The number of halogens is 2. The van der Waals surface area contributed by atoms with Crippen molar-refractivity contribution in [2.75, 3.05) is 19.6 Å². The highest BCUT2D eigenvalue weighted by Crippen LogP contribution is 2.28. The van der Waals surface area contributed by atoms with Crippen molar-refractivity contribution >= 4 is 29.7 Å². The molecule has 6 heteroatoms. The van der Waals surface area contributed by atoms with Crippen molar-refractivity contribution in [2.45, 2.75) is 12.8 Å². The number of rotatable bonds is 4. The molecule has 1 amide bonds. The molecular weight excluding hydrogens is 335 g/mol. The van der Waals surface area contributed by atoms with E-state index in [2.05, 4.69) is 10.6 Å². The fraction of sp³-hybridized carbons (Fsp3) is 0.353. The van der Waals surface area contributed by atoms with Crippen molar-refractivity contribution in [2.24, 2.45) is 5.92 Å². The molecular formula is C17H20ClFN2OS. The molecule has 2 heterocycles. The molecule has 1 aliphatic heterocycles. The lowest BCUT2D eigenvalue weighted by molar-refractivity contribution is 0.0949. The molecule has 1 aliphatic rings. The molecule has 0 radical (unpaired) electrons. The van der Waals surface area contributed by atoms with Gasteiger partial charge in [0.15, 0.2) is 0 Å². The van der Waals surface area contributed by atoms with Gasteiger partial charge in [-0.2, -0.15) is 0 Å². The van der Waals surface area contributed by atoms with E-state index in [1.807, 2.05) is 12.1 Å². The largest absolute Gasteiger partial charge is 0.351 e. The Kier molecular flexibility index (Phi) is 6.57. The Balaban J connectivity index is 0.00000192. The molecule has 0 aliphatic carbocycles. The Labute approximate surface area is 145 Å². The molecule has 0 saturated carbocycles. The van der Waals surface area contributed by atoms with Crippen LogP contribution in [0.3, 0.4) is 0 Å². The zero-order valence-electron chi connectivity index (χ0n) is 12.7. The quantitative estimate of drug-likeness (QED) is 0.878. The number of piperidine rings is 1. The van der Waals surface area contributed by atoms with Crippen LogP contribution in [0.4, 0.5) is 4.39 Å². The lowest BCUT2D eigenvalue weighted by Gasteiger charge is -2.22. The Morgan fingerprint density at radius 2 is 2.04 bits per heavy atom. The van der Waals surface area contributed by atoms with Gasteiger partial charge in [-0.1, -0.05) is 12.1 Å². The second kappa shape index (κ2) is 8.43. The number of hydrogen-bond acceptors (Lipinski definition) is 3. The van der Waals surface area contributed by atoms with Crippen LogP contribution in [-0.4, -0.2) is 25.5 Å². The van der Waals surface area contributed by atoms with Crippen molar-refractivity contribution in [1.29, 1.82) is 0 Å². The van der Waals surface area contributed by atoms with E-state index >= 15 is 0 Å². The van der Waals surface area contributed by atoms with Crippen molar-refractivity contribution in [3.05, 3.63) is 47.1 Å². The van der Waals surface area contributed by atoms with E-state index in [1.54, 1.807) is 12.1 Å². The molecule has 1 unspecified atom stereocenters. The van der Waals surface area contributed by atoms with Crippen LogP contribution in [0.25, 0.3) is 10.4 Å². The van der Waals surface area contributed by atoms with Crippen molar-refractivity contribution in [3.63, 3.8) is 0 Å². The molecule has 1 fully saturated rings. The van der Waals surface area contributed by atoms with Crippen LogP contribution in [0.2, 0.25) is 0 Å². The molecule has 1 saturated heterocycles. The van der Waals surface area contributed by atoms with E-state index in [-0.39, 0.29) is 24.1 Å². The number of carbonyl (C=O) groups excluding carboxylic acids is 1. The Morgan fingerprint density at radius 3 is 2.74 bits per heavy atom. The standard InChI is InChI=1S/C17H19FN2OS.ClH/c18-14-5-3-13(4-6-14)15-7-8-16(22-15)17(21)20-11-12-2-1-9-19-10-12;/h3-8,12,19H,1-2,9-11H2,(H,20,21);1H. The second-order valence-corrected chi connectivity index (χ2v) is 6.68. The lowest BCUT2D eigenvalue weighted by atomic mass is 10.00. The Morgan fingerprint density at radius 1 is 1.26 bits per heavy atom. The average molecular weight is 355 g/mol. The highest BCUT2D eigenvalue weighted by molar-refractivity contribution is 7.17. The number of nitrogens with one attached hydrogen (secondary N) is 2. The van der Waals surface area contributed by atoms with Crippen LogP contribution >= 0.6 is 23.7 Å². The third kappa shape index (κ3) is 4.77. The minimum absolute atomic E-state index is 0. The summed E-state index contributed by atoms with van der Waals surface area (Å²) in [6, 6.07) is 10.1. The average Bonchev–Trinajstić information content (AvgIpc) is 3.04. The second-order valence-electron chi connectivity index (χ2n) is 5.59. The molecule has 0 bridgehead atoms. The SMILES string of the molecule is Cl.O=C(NCC1CCCNC1)c1ccc(-c2ccc(F)cc2)s1. The summed E-state index contributed by atoms with van der Waals surface area (Å²) >= 11 is 1.44. The van der Waals surface area contributed by atoms with Crippen LogP contribution < -0.4 is 10.6 Å². The summed E-state index contributed by atoms with van der Waals surface area (Å²) in [5.74, 6) is 0.248. The molecule has 2 N–H and O–H groups in total. The number of hydrogen-bond donors (Lipinski definition) is 2. The van der Waals surface area contributed by atoms with Gasteiger partial charge in [0.25, 0.3) is 5.91 Å². The predicted molar refractivity (Wildman–Crippen MR) is 94.9 cm³/mol. The molecule has 1 aromatic heterocycles. The highest BCUT2D eigenvalue weighted by atomic mass is 35.5. The molecule has 3 rings (SSSR count). The van der Waals surface area contributed by atoms with Gasteiger partial charge in [-0.15, -0.1) is 23.7 Å². The van der Waals surface area contributed by atoms with Crippen LogP contribution in [0.15, 0.2) is 36.4 Å². The van der Waals surface area contributed by atoms with E-state index in [9.17, 15) is 9.18 Å². The normalized spacial score (nSPS) is 17.3. The van der Waals surface area contributed by atoms with Gasteiger partial charge < -0.3 is 10.6 Å². The Hall–Kier alpha value is -1.43. The number of carbonyl (C=O) groups is 1. The Bertz CT molecular complexity index is 638. The summed E-state index contributed by atoms with van der Waals surface area (Å²) in [5, 5.41) is 6.36. The molecule has 124 valence electrons. The van der Waals surface area contributed by atoms with Gasteiger partial charge in [-0.3, -0.25) is 4.79 Å². The smallest absolute Gasteiger partial charge is 0.261 e. The third-order valence-corrected chi connectivity index (χ3v) is 5.04. The molecule has 2 aromatic rings. The van der Waals surface area contributed by atoms with E-state index in [0.717, 1.165) is 30.1 Å². The number of thiophene rings is 1. The first kappa shape index (κ1) is 17.9. The highest BCUT2D eigenvalue weighted by Gasteiger charge is 2.15. The predicted octanol–water partition coefficient (Wildman–Crippen LogP) is 3.71. The topological polar surface area (TPSA) is 41.1 Å². The van der Waals surface area contributed by atoms with Gasteiger partial charge >= 0.3 is 0 Å². The van der Waals surface area contributed by atoms with E-state index in [1.165, 1.54) is 36.3 Å². The summed E-state index contributed by atoms with van der Waals surface area (Å²) in [5.41, 5.74) is 0.932. The monoisotopic (exact) mass is 354 g/mol. The van der Waals surface area contributed by atoms with E-state index in [0.29, 0.717) is 10.8 Å². The third-order valence-electron chi connectivity index (χ3n) is 3.91. The van der Waals surface area contributed by atoms with Crippen molar-refractivity contribution in [1.82, 2.24) is 10.6 Å². The fourth-order valence-electron chi connectivity index (χ4n) is 2.65. The molecule has 0 spiro atoms. The van der Waals surface area contributed by atoms with Crippen molar-refractivity contribution < 1.29 is 9.18 Å². The maximum absolute atomic E-state index is 12.9. The minimum Gasteiger partial charge on any atom is -0.351 e. The van der Waals surface area contributed by atoms with Gasteiger partial charge in [-0.25, -0.2) is 4.39 Å². The first-order valence-corrected chi connectivity index (χ1v) is 8.39. The van der Waals surface area contributed by atoms with Gasteiger partial charge in [0.1, 0.15) is 5.82 Å². The maximum atomic E-state index is 12.9. The minimum atomic E-state index is -0.251. The molecule has 1 atom stereocenters. The van der Waals surface area contributed by atoms with Crippen molar-refractivity contribution in [3.8, 4) is 10.4 Å². The maximum Gasteiger partial charge on any atom is 0.261 e. The van der Waals surface area contributed by atoms with Gasteiger partial charge in [0, 0.05) is 11.4 Å². The fourth-order valence-corrected chi connectivity index (χ4v) is 3.58. The molecule has 3 nitrogen and oxygen atoms in total. The van der Waals surface area contributed by atoms with Crippen LogP contribution in [0.5, 0.6) is 0 Å². The van der Waals surface area contributed by atoms with Crippen LogP contribution in [0, 0.1) is 11.7 Å². The summed E-state index contributed by atoms with van der Waals surface area (Å²) < 4.78 is 12.9. The first-order valence-electron chi connectivity index (χ1n) is 7.57. The van der Waals surface area contributed by atoms with Gasteiger partial charge in [0.05, 0.1) is 4.88 Å². The molecule has 23 heavy (non-hydrogen) atoms. The summed E-state index contributed by atoms with van der Waals surface area (Å²) in [6.07, 6.45) is 2.34. The van der Waals surface area contributed by atoms with E-state index in [4.69, 9.17) is 0 Å².